The number of thiocarbonyl (C=S) groups is 1. The van der Waals surface area contributed by atoms with Crippen molar-refractivity contribution in [3.63, 3.8) is 0 Å². The number of anilines is 1. The van der Waals surface area contributed by atoms with Crippen molar-refractivity contribution >= 4 is 46.0 Å². The number of aryl methyl sites for hydroxylation is 1. The minimum Gasteiger partial charge on any atom is -0.507 e. The van der Waals surface area contributed by atoms with Crippen LogP contribution < -0.4 is 4.90 Å². The minimum atomic E-state index is -0.0930. The molecular weight excluding hydrogens is 402 g/mol. The summed E-state index contributed by atoms with van der Waals surface area (Å²) < 4.78 is 0.568. The summed E-state index contributed by atoms with van der Waals surface area (Å²) >= 11 is 6.75. The highest BCUT2D eigenvalue weighted by molar-refractivity contribution is 8.26. The van der Waals surface area contributed by atoms with Crippen LogP contribution >= 0.6 is 24.0 Å². The molecule has 0 radical (unpaired) electrons. The van der Waals surface area contributed by atoms with Gasteiger partial charge in [0.15, 0.2) is 0 Å². The molecule has 4 rings (SSSR count). The van der Waals surface area contributed by atoms with E-state index in [1.807, 2.05) is 6.07 Å². The van der Waals surface area contributed by atoms with Crippen molar-refractivity contribution in [1.82, 2.24) is 9.80 Å². The largest absolute Gasteiger partial charge is 0.507 e. The van der Waals surface area contributed by atoms with Gasteiger partial charge in [0, 0.05) is 37.4 Å². The van der Waals surface area contributed by atoms with Gasteiger partial charge in [0.2, 0.25) is 0 Å². The topological polar surface area (TPSA) is 47.0 Å². The van der Waals surface area contributed by atoms with E-state index in [1.54, 1.807) is 29.2 Å². The summed E-state index contributed by atoms with van der Waals surface area (Å²) in [5.74, 6) is 0.0645. The van der Waals surface area contributed by atoms with Crippen LogP contribution in [0.4, 0.5) is 5.69 Å². The number of para-hydroxylation sites is 2. The molecule has 1 amide bonds. The maximum atomic E-state index is 12.9. The zero-order valence-corrected chi connectivity index (χ0v) is 17.9. The highest BCUT2D eigenvalue weighted by Gasteiger charge is 2.34. The minimum absolute atomic E-state index is 0.0930. The molecule has 0 saturated carbocycles. The second-order valence-corrected chi connectivity index (χ2v) is 8.88. The molecule has 7 heteroatoms. The van der Waals surface area contributed by atoms with Gasteiger partial charge in [-0.2, -0.15) is 0 Å². The molecule has 2 saturated heterocycles. The van der Waals surface area contributed by atoms with Gasteiger partial charge in [-0.15, -0.1) is 0 Å². The summed E-state index contributed by atoms with van der Waals surface area (Å²) in [6.07, 6.45) is 1.71. The Morgan fingerprint density at radius 3 is 2.48 bits per heavy atom. The van der Waals surface area contributed by atoms with Crippen molar-refractivity contribution in [1.29, 1.82) is 0 Å². The van der Waals surface area contributed by atoms with Crippen LogP contribution in [0.3, 0.4) is 0 Å². The zero-order chi connectivity index (χ0) is 20.4. The molecule has 150 valence electrons. The first-order chi connectivity index (χ1) is 14.0. The van der Waals surface area contributed by atoms with E-state index >= 15 is 0 Å². The second-order valence-electron chi connectivity index (χ2n) is 7.20. The van der Waals surface area contributed by atoms with Crippen LogP contribution in [-0.2, 0) is 4.79 Å². The average Bonchev–Trinajstić information content (AvgIpc) is 2.98. The van der Waals surface area contributed by atoms with Gasteiger partial charge in [-0.1, -0.05) is 60.4 Å². The van der Waals surface area contributed by atoms with Gasteiger partial charge >= 0.3 is 0 Å². The summed E-state index contributed by atoms with van der Waals surface area (Å²) in [4.78, 5) is 19.7. The van der Waals surface area contributed by atoms with Crippen molar-refractivity contribution in [3.8, 4) is 5.75 Å². The summed E-state index contributed by atoms with van der Waals surface area (Å²) in [6.45, 7) is 6.25. The molecule has 2 fully saturated rings. The van der Waals surface area contributed by atoms with Gasteiger partial charge in [0.1, 0.15) is 10.1 Å². The maximum Gasteiger partial charge on any atom is 0.267 e. The van der Waals surface area contributed by atoms with E-state index in [-0.39, 0.29) is 11.7 Å². The number of hydrogen-bond donors (Lipinski definition) is 1. The number of rotatable bonds is 4. The fourth-order valence-electron chi connectivity index (χ4n) is 3.62. The summed E-state index contributed by atoms with van der Waals surface area (Å²) in [5, 5.41) is 9.96. The molecule has 2 heterocycles. The first kappa shape index (κ1) is 19.9. The van der Waals surface area contributed by atoms with Crippen LogP contribution in [0.2, 0.25) is 0 Å². The van der Waals surface area contributed by atoms with Crippen molar-refractivity contribution < 1.29 is 9.90 Å². The smallest absolute Gasteiger partial charge is 0.267 e. The molecule has 1 N–H and O–H groups in total. The highest BCUT2D eigenvalue weighted by atomic mass is 32.2. The Bertz CT molecular complexity index is 968. The van der Waals surface area contributed by atoms with Crippen molar-refractivity contribution in [2.24, 2.45) is 0 Å². The zero-order valence-electron chi connectivity index (χ0n) is 16.2. The standard InChI is InChI=1S/C22H23N3O2S2/c1-16-6-2-4-8-18(16)24-12-10-23(11-13-24)15-25-21(27)20(29-22(25)28)14-17-7-3-5-9-19(17)26/h2-9,14,26H,10-13,15H2,1H3/b20-14+. The number of amides is 1. The van der Waals surface area contributed by atoms with E-state index in [4.69, 9.17) is 12.2 Å². The molecule has 29 heavy (non-hydrogen) atoms. The number of nitrogens with zero attached hydrogens (tertiary/aromatic N) is 3. The number of thioether (sulfide) groups is 1. The fourth-order valence-corrected chi connectivity index (χ4v) is 4.85. The lowest BCUT2D eigenvalue weighted by Gasteiger charge is -2.38. The Morgan fingerprint density at radius 2 is 1.76 bits per heavy atom. The highest BCUT2D eigenvalue weighted by Crippen LogP contribution is 2.34. The number of hydrogen-bond acceptors (Lipinski definition) is 6. The Hall–Kier alpha value is -2.35. The van der Waals surface area contributed by atoms with Crippen LogP contribution in [-0.4, -0.2) is 58.0 Å². The lowest BCUT2D eigenvalue weighted by Crippen LogP contribution is -2.51. The number of phenolic OH excluding ortho intramolecular Hbond substituents is 1. The monoisotopic (exact) mass is 425 g/mol. The number of phenols is 1. The Labute approximate surface area is 180 Å². The van der Waals surface area contributed by atoms with Crippen LogP contribution in [0.5, 0.6) is 5.75 Å². The van der Waals surface area contributed by atoms with E-state index in [9.17, 15) is 9.90 Å². The van der Waals surface area contributed by atoms with Crippen LogP contribution in [0.1, 0.15) is 11.1 Å². The summed E-state index contributed by atoms with van der Waals surface area (Å²) in [5.41, 5.74) is 3.19. The van der Waals surface area contributed by atoms with Crippen molar-refractivity contribution in [2.75, 3.05) is 37.7 Å². The van der Waals surface area contributed by atoms with E-state index in [2.05, 4.69) is 41.0 Å². The molecule has 0 bridgehead atoms. The third kappa shape index (κ3) is 4.32. The molecule has 2 aromatic carbocycles. The quantitative estimate of drug-likeness (QED) is 0.596. The number of piperazine rings is 1. The average molecular weight is 426 g/mol. The first-order valence-electron chi connectivity index (χ1n) is 9.59. The number of carbonyl (C=O) groups excluding carboxylic acids is 1. The molecular formula is C22H23N3O2S2. The maximum absolute atomic E-state index is 12.9. The summed E-state index contributed by atoms with van der Waals surface area (Å²) in [6, 6.07) is 15.4. The molecule has 0 aliphatic carbocycles. The Morgan fingerprint density at radius 1 is 1.07 bits per heavy atom. The SMILES string of the molecule is Cc1ccccc1N1CCN(CN2C(=O)/C(=C\c3ccccc3O)SC2=S)CC1. The fraction of sp³-hybridized carbons (Fsp3) is 0.273. The molecule has 0 spiro atoms. The molecule has 2 aromatic rings. The number of carbonyl (C=O) groups is 1. The van der Waals surface area contributed by atoms with Gasteiger partial charge in [-0.25, -0.2) is 0 Å². The summed E-state index contributed by atoms with van der Waals surface area (Å²) in [7, 11) is 0. The van der Waals surface area contributed by atoms with Gasteiger partial charge in [-0.3, -0.25) is 14.6 Å². The van der Waals surface area contributed by atoms with Gasteiger partial charge in [0.25, 0.3) is 5.91 Å². The third-order valence-corrected chi connectivity index (χ3v) is 6.64. The van der Waals surface area contributed by atoms with Gasteiger partial charge in [0.05, 0.1) is 11.6 Å². The molecule has 2 aliphatic heterocycles. The van der Waals surface area contributed by atoms with Gasteiger partial charge < -0.3 is 10.0 Å². The number of benzene rings is 2. The van der Waals surface area contributed by atoms with Crippen LogP contribution in [0.25, 0.3) is 6.08 Å². The lowest BCUT2D eigenvalue weighted by molar-refractivity contribution is -0.123. The molecule has 0 atom stereocenters. The molecule has 2 aliphatic rings. The van der Waals surface area contributed by atoms with E-state index in [0.717, 1.165) is 26.2 Å². The van der Waals surface area contributed by atoms with Crippen molar-refractivity contribution in [3.05, 3.63) is 64.6 Å². The normalized spacial score (nSPS) is 19.4. The van der Waals surface area contributed by atoms with E-state index < -0.39 is 0 Å². The van der Waals surface area contributed by atoms with Crippen LogP contribution in [0, 0.1) is 6.92 Å². The molecule has 0 unspecified atom stereocenters. The first-order valence-corrected chi connectivity index (χ1v) is 10.8. The Balaban J connectivity index is 1.39. The molecule has 0 aromatic heterocycles. The van der Waals surface area contributed by atoms with E-state index in [0.29, 0.717) is 21.5 Å². The second kappa shape index (κ2) is 8.57. The third-order valence-electron chi connectivity index (χ3n) is 5.27. The predicted molar refractivity (Wildman–Crippen MR) is 123 cm³/mol. The Kier molecular flexibility index (Phi) is 5.89. The molecule has 5 nitrogen and oxygen atoms in total. The predicted octanol–water partition coefficient (Wildman–Crippen LogP) is 3.68. The van der Waals surface area contributed by atoms with Crippen molar-refractivity contribution in [2.45, 2.75) is 6.92 Å². The van der Waals surface area contributed by atoms with E-state index in [1.165, 1.54) is 23.0 Å². The van der Waals surface area contributed by atoms with Crippen LogP contribution in [0.15, 0.2) is 53.4 Å². The lowest BCUT2D eigenvalue weighted by atomic mass is 10.1. The van der Waals surface area contributed by atoms with Gasteiger partial charge in [-0.05, 0) is 30.7 Å². The number of aromatic hydroxyl groups is 1.